The van der Waals surface area contributed by atoms with Crippen LogP contribution in [0.25, 0.3) is 199 Å². The maximum Gasteiger partial charge on any atom is 0.489 e. The maximum atomic E-state index is 10.1. The van der Waals surface area contributed by atoms with Crippen LogP contribution < -0.4 is 5.46 Å². The minimum Gasteiger partial charge on any atom is -0.481 e. The summed E-state index contributed by atoms with van der Waals surface area (Å²) in [6, 6.07) is 132. The van der Waals surface area contributed by atoms with Crippen molar-refractivity contribution < 1.29 is 27.3 Å². The van der Waals surface area contributed by atoms with E-state index in [2.05, 4.69) is 381 Å². The van der Waals surface area contributed by atoms with Gasteiger partial charge in [0.05, 0.1) is 0 Å². The highest BCUT2D eigenvalue weighted by Crippen LogP contribution is 2.60. The van der Waals surface area contributed by atoms with E-state index in [1.54, 1.807) is 0 Å². The smallest absolute Gasteiger partial charge is 0.481 e. The van der Waals surface area contributed by atoms with Crippen molar-refractivity contribution >= 4 is 171 Å². The molecular formula is C111H81BBr4O5. The number of furan rings is 1. The van der Waals surface area contributed by atoms with Crippen molar-refractivity contribution in [2.24, 2.45) is 0 Å². The van der Waals surface area contributed by atoms with Crippen molar-refractivity contribution in [1.82, 2.24) is 0 Å². The predicted octanol–water partition coefficient (Wildman–Crippen LogP) is 31.5. The average Bonchev–Trinajstić information content (AvgIpc) is 1.54. The van der Waals surface area contributed by atoms with Gasteiger partial charge >= 0.3 is 7.12 Å². The highest BCUT2D eigenvalue weighted by atomic mass is 79.9. The van der Waals surface area contributed by atoms with Gasteiger partial charge in [-0.05, 0) is 212 Å². The summed E-state index contributed by atoms with van der Waals surface area (Å²) >= 11 is 11.0. The molecule has 5 nitrogen and oxygen atoms in total. The third kappa shape index (κ3) is 15.0. The summed E-state index contributed by atoms with van der Waals surface area (Å²) < 4.78 is 19.8. The van der Waals surface area contributed by atoms with Gasteiger partial charge in [0.2, 0.25) is 0 Å². The fourth-order valence-corrected chi connectivity index (χ4v) is 19.6. The van der Waals surface area contributed by atoms with Crippen molar-refractivity contribution in [3.63, 3.8) is 0 Å². The summed E-state index contributed by atoms with van der Waals surface area (Å²) in [6.45, 7) is 1.08. The number of aryl methyl sites for hydroxylation is 2. The maximum absolute atomic E-state index is 10.1. The quantitative estimate of drug-likeness (QED) is 0.138. The van der Waals surface area contributed by atoms with E-state index in [0.29, 0.717) is 5.46 Å². The van der Waals surface area contributed by atoms with E-state index < -0.39 is 13.1 Å². The second kappa shape index (κ2) is 35.0. The molecule has 0 saturated heterocycles. The van der Waals surface area contributed by atoms with Gasteiger partial charge in [0, 0.05) is 45.2 Å². The number of carboxylic acid groups (broad SMARTS) is 1. The molecule has 0 fully saturated rings. The van der Waals surface area contributed by atoms with Crippen molar-refractivity contribution in [3.05, 3.63) is 412 Å². The highest BCUT2D eigenvalue weighted by molar-refractivity contribution is 9.11. The number of fused-ring (bicyclic) bond motifs is 9. The molecule has 3 N–H and O–H groups in total. The molecule has 0 amide bonds. The number of hydrogen-bond donors (Lipinski definition) is 3. The molecule has 0 aliphatic heterocycles. The fraction of sp³-hybridized carbons (Fsp3) is 0.0360. The zero-order valence-corrected chi connectivity index (χ0v) is 71.6. The molecule has 121 heavy (non-hydrogen) atoms. The normalized spacial score (nSPS) is 11.6. The van der Waals surface area contributed by atoms with E-state index in [4.69, 9.17) is 17.3 Å². The van der Waals surface area contributed by atoms with Crippen LogP contribution in [0, 0.1) is 0 Å². The van der Waals surface area contributed by atoms with Crippen LogP contribution in [0.1, 0.15) is 39.6 Å². The largest absolute Gasteiger partial charge is 0.489 e. The minimum absolute atomic E-state index is 0. The number of benzene rings is 19. The first-order chi connectivity index (χ1) is 59.4. The van der Waals surface area contributed by atoms with E-state index >= 15 is 0 Å². The van der Waals surface area contributed by atoms with Crippen LogP contribution in [0.5, 0.6) is 0 Å². The molecule has 0 saturated carbocycles. The van der Waals surface area contributed by atoms with Gasteiger partial charge in [-0.25, -0.2) is 0 Å². The Bertz CT molecular complexity index is 7090. The number of rotatable bonds is 7. The molecule has 0 bridgehead atoms. The number of carboxylic acids is 1. The zero-order chi connectivity index (χ0) is 82.8. The number of aliphatic carboxylic acids is 1. The molecule has 10 heteroatoms. The van der Waals surface area contributed by atoms with E-state index in [9.17, 15) is 10.0 Å². The Labute approximate surface area is 742 Å². The molecule has 19 aromatic carbocycles. The molecule has 1 heterocycles. The fourth-order valence-electron chi connectivity index (χ4n) is 18.2. The van der Waals surface area contributed by atoms with Crippen LogP contribution in [0.4, 0.5) is 0 Å². The molecule has 24 rings (SSSR count). The van der Waals surface area contributed by atoms with Crippen LogP contribution in [0.15, 0.2) is 394 Å². The Balaban J connectivity index is 0.000000117. The molecule has 0 unspecified atom stereocenters. The minimum atomic E-state index is -1.52. The van der Waals surface area contributed by atoms with E-state index in [1.807, 2.05) is 54.6 Å². The van der Waals surface area contributed by atoms with Crippen LogP contribution in [-0.4, -0.2) is 28.2 Å². The summed E-state index contributed by atoms with van der Waals surface area (Å²) in [5.74, 6) is 1.04. The van der Waals surface area contributed by atoms with Crippen molar-refractivity contribution in [1.29, 1.82) is 0 Å². The van der Waals surface area contributed by atoms with Gasteiger partial charge in [-0.15, -0.1) is 17.0 Å². The summed E-state index contributed by atoms with van der Waals surface area (Å²) in [6.07, 6.45) is 6.76. The van der Waals surface area contributed by atoms with Gasteiger partial charge in [-0.3, -0.25) is 4.79 Å². The molecule has 4 aliphatic carbocycles. The standard InChI is InChI=1S/C32H21BO2.C32H19Br.C20H14O.C12H9Br.C12H7Br.C2H4O2.CH4.BrH.H2/c34-33(35)27-19-18-26-30-24(27)16-9-17-25(30)31-28(20-10-3-1-4-11-20)22-14-7-8-15-23(22)29(32(26)31)21-12-5-2-6-13-21;33-27-19-18-26-30-24(27)16-9-17-25(30)31-28(20-10-3-1-4-11-20)22-14-7-8-15-23(22)29(32(26)31)21-12-5-2-6-13-21;1-3-9-15(10-4-1)19-17-13-7-8-14-18(17)20(21-19)16-11-5-2-6-12-16;2*13-11-7-6-9-5-4-8-2-1-3-10(11)12(8)9;1-2(3)4;;;/h1-19,34-35H;1-19H;1-14H;1-3,6-7H,4-5H2;1-7H;1H3,(H,3,4);1H4;2*1H/i;;;;;;;;1+1D. The molecule has 0 radical (unpaired) electrons. The topological polar surface area (TPSA) is 90.9 Å². The van der Waals surface area contributed by atoms with E-state index in [1.165, 1.54) is 176 Å². The Morgan fingerprint density at radius 3 is 0.983 bits per heavy atom. The summed E-state index contributed by atoms with van der Waals surface area (Å²) in [5, 5.41) is 45.1. The second-order valence-corrected chi connectivity index (χ2v) is 32.6. The number of hydrogen-bond acceptors (Lipinski definition) is 4. The van der Waals surface area contributed by atoms with Crippen molar-refractivity contribution in [2.45, 2.75) is 27.2 Å². The Morgan fingerprint density at radius 2 is 0.579 bits per heavy atom. The molecular weight excluding hydrogens is 1740 g/mol. The Morgan fingerprint density at radius 1 is 0.298 bits per heavy atom. The van der Waals surface area contributed by atoms with E-state index in [0.717, 1.165) is 66.7 Å². The molecule has 0 atom stereocenters. The van der Waals surface area contributed by atoms with Gasteiger partial charge in [0.15, 0.2) is 0 Å². The first-order valence-corrected chi connectivity index (χ1v) is 42.3. The van der Waals surface area contributed by atoms with Crippen LogP contribution >= 0.6 is 64.8 Å². The lowest BCUT2D eigenvalue weighted by molar-refractivity contribution is -0.134. The van der Waals surface area contributed by atoms with Crippen LogP contribution in [0.2, 0.25) is 0 Å². The summed E-state index contributed by atoms with van der Waals surface area (Å²) in [5.41, 5.74) is 28.4. The highest BCUT2D eigenvalue weighted by Gasteiger charge is 2.34. The first-order valence-electron chi connectivity index (χ1n) is 40.9. The van der Waals surface area contributed by atoms with Gasteiger partial charge in [-0.1, -0.05) is 425 Å². The Kier molecular flexibility index (Phi) is 23.0. The van der Waals surface area contributed by atoms with Gasteiger partial charge in [0.1, 0.15) is 11.5 Å². The molecule has 20 aromatic rings. The molecule has 1 aromatic heterocycles. The predicted molar refractivity (Wildman–Crippen MR) is 530 cm³/mol. The third-order valence-corrected chi connectivity index (χ3v) is 25.2. The lowest BCUT2D eigenvalue weighted by atomic mass is 9.76. The second-order valence-electron chi connectivity index (χ2n) is 30.0. The lowest BCUT2D eigenvalue weighted by Gasteiger charge is -2.20. The zero-order valence-electron chi connectivity index (χ0n) is 67.1. The molecule has 4 aliphatic rings. The monoisotopic (exact) mass is 1820 g/mol. The average molecular weight is 1830 g/mol. The Hall–Kier alpha value is -12.6. The van der Waals surface area contributed by atoms with Gasteiger partial charge in [0.25, 0.3) is 5.97 Å². The van der Waals surface area contributed by atoms with Crippen molar-refractivity contribution in [3.8, 4) is 112 Å². The SMILES string of the molecule is Br.Brc1ccc2c3c(cccc13)-c1c-2c(-c2ccccc2)c2ccccc2c1-c1ccccc1.Brc1ccc2c3c(cccc13)C=C2.Brc1ccc2c3c(cccc13)CC2.C.CC(=O)O.OB(O)c1ccc2c3c(cccc13)-c1c-2c(-c2ccccc2)c2ccccc2c1-c1ccccc1.[2H][2H].c1ccc(-c2oc(-c3ccccc3)c3ccccc23)cc1. The summed E-state index contributed by atoms with van der Waals surface area (Å²) in [4.78, 5) is 9.00. The van der Waals surface area contributed by atoms with Gasteiger partial charge in [-0.2, -0.15) is 0 Å². The van der Waals surface area contributed by atoms with Crippen LogP contribution in [0.3, 0.4) is 0 Å². The first kappa shape index (κ1) is 79.5. The molecule has 586 valence electrons. The number of halogens is 4. The lowest BCUT2D eigenvalue weighted by Crippen LogP contribution is -2.30. The molecule has 0 spiro atoms. The van der Waals surface area contributed by atoms with Crippen LogP contribution in [-0.2, 0) is 17.6 Å². The van der Waals surface area contributed by atoms with Crippen molar-refractivity contribution in [2.75, 3.05) is 0 Å². The number of carbonyl (C=O) groups is 1. The third-order valence-electron chi connectivity index (χ3n) is 23.1. The van der Waals surface area contributed by atoms with Gasteiger partial charge < -0.3 is 19.6 Å². The summed E-state index contributed by atoms with van der Waals surface area (Å²) in [7, 11) is -1.52. The van der Waals surface area contributed by atoms with E-state index in [-0.39, 0.29) is 24.4 Å².